The van der Waals surface area contributed by atoms with E-state index in [1.54, 1.807) is 0 Å². The van der Waals surface area contributed by atoms with Crippen LogP contribution in [0.1, 0.15) is 32.1 Å². The first kappa shape index (κ1) is 19.6. The Morgan fingerprint density at radius 2 is 1.54 bits per heavy atom. The maximum absolute atomic E-state index is 13.1. The van der Waals surface area contributed by atoms with Crippen LogP contribution < -0.4 is 4.90 Å². The van der Waals surface area contributed by atoms with Gasteiger partial charge in [0.15, 0.2) is 0 Å². The number of amides is 1. The molecule has 1 aromatic rings. The quantitative estimate of drug-likeness (QED) is 0.775. The highest BCUT2D eigenvalue weighted by molar-refractivity contribution is 5.76. The molecule has 2 aliphatic heterocycles. The van der Waals surface area contributed by atoms with Gasteiger partial charge in [-0.05, 0) is 37.1 Å². The third kappa shape index (κ3) is 4.84. The van der Waals surface area contributed by atoms with E-state index in [1.807, 2.05) is 17.0 Å². The molecule has 2 saturated heterocycles. The summed E-state index contributed by atoms with van der Waals surface area (Å²) < 4.78 is 13.1. The number of halogens is 1. The maximum Gasteiger partial charge on any atom is 0.223 e. The van der Waals surface area contributed by atoms with Gasteiger partial charge in [0.2, 0.25) is 5.91 Å². The SMILES string of the molecule is O=C(CCN1CCN(C2CCCC2)CC1)N1CCN(c2ccc(F)cc2)CC1. The molecule has 3 aliphatic rings. The summed E-state index contributed by atoms with van der Waals surface area (Å²) in [5, 5.41) is 0. The van der Waals surface area contributed by atoms with E-state index in [1.165, 1.54) is 37.8 Å². The Hall–Kier alpha value is -1.66. The lowest BCUT2D eigenvalue weighted by Crippen LogP contribution is -2.51. The first-order valence-electron chi connectivity index (χ1n) is 10.9. The van der Waals surface area contributed by atoms with Crippen LogP contribution in [0.15, 0.2) is 24.3 Å². The predicted octanol–water partition coefficient (Wildman–Crippen LogP) is 2.42. The zero-order valence-corrected chi connectivity index (χ0v) is 16.9. The molecule has 5 nitrogen and oxygen atoms in total. The molecule has 2 heterocycles. The molecule has 1 aromatic carbocycles. The Morgan fingerprint density at radius 1 is 0.893 bits per heavy atom. The van der Waals surface area contributed by atoms with Crippen molar-refractivity contribution >= 4 is 11.6 Å². The van der Waals surface area contributed by atoms with Crippen LogP contribution in [0.2, 0.25) is 0 Å². The fourth-order valence-corrected chi connectivity index (χ4v) is 4.90. The van der Waals surface area contributed by atoms with E-state index < -0.39 is 0 Å². The Bertz CT molecular complexity index is 630. The van der Waals surface area contributed by atoms with Crippen molar-refractivity contribution in [3.8, 4) is 0 Å². The summed E-state index contributed by atoms with van der Waals surface area (Å²) >= 11 is 0. The molecule has 0 spiro atoms. The molecule has 28 heavy (non-hydrogen) atoms. The summed E-state index contributed by atoms with van der Waals surface area (Å²) in [6.45, 7) is 8.55. The van der Waals surface area contributed by atoms with Crippen LogP contribution in [0.25, 0.3) is 0 Å². The summed E-state index contributed by atoms with van der Waals surface area (Å²) in [7, 11) is 0. The number of rotatable bonds is 5. The van der Waals surface area contributed by atoms with Crippen LogP contribution in [0.4, 0.5) is 10.1 Å². The van der Waals surface area contributed by atoms with Crippen LogP contribution in [0.3, 0.4) is 0 Å². The number of nitrogens with zero attached hydrogens (tertiary/aromatic N) is 4. The second kappa shape index (κ2) is 9.23. The number of anilines is 1. The highest BCUT2D eigenvalue weighted by Gasteiger charge is 2.27. The van der Waals surface area contributed by atoms with E-state index in [4.69, 9.17) is 0 Å². The first-order chi connectivity index (χ1) is 13.7. The molecule has 0 bridgehead atoms. The fraction of sp³-hybridized carbons (Fsp3) is 0.682. The molecule has 4 rings (SSSR count). The first-order valence-corrected chi connectivity index (χ1v) is 10.9. The lowest BCUT2D eigenvalue weighted by Gasteiger charge is -2.39. The molecule has 0 radical (unpaired) electrons. The molecule has 0 aromatic heterocycles. The Balaban J connectivity index is 1.15. The number of benzene rings is 1. The van der Waals surface area contributed by atoms with E-state index in [-0.39, 0.29) is 11.7 Å². The number of hydrogen-bond acceptors (Lipinski definition) is 4. The summed E-state index contributed by atoms with van der Waals surface area (Å²) in [5.41, 5.74) is 1.04. The molecule has 6 heteroatoms. The third-order valence-electron chi connectivity index (χ3n) is 6.71. The number of carbonyl (C=O) groups is 1. The monoisotopic (exact) mass is 388 g/mol. The highest BCUT2D eigenvalue weighted by Crippen LogP contribution is 2.24. The molecular weight excluding hydrogens is 355 g/mol. The Kier molecular flexibility index (Phi) is 6.47. The van der Waals surface area contributed by atoms with Gasteiger partial charge in [0, 0.05) is 77.1 Å². The van der Waals surface area contributed by atoms with E-state index in [0.29, 0.717) is 6.42 Å². The van der Waals surface area contributed by atoms with Crippen molar-refractivity contribution in [3.63, 3.8) is 0 Å². The Labute approximate surface area is 168 Å². The van der Waals surface area contributed by atoms with Crippen molar-refractivity contribution in [1.29, 1.82) is 0 Å². The maximum atomic E-state index is 13.1. The van der Waals surface area contributed by atoms with Gasteiger partial charge in [0.1, 0.15) is 5.82 Å². The summed E-state index contributed by atoms with van der Waals surface area (Å²) in [4.78, 5) is 22.0. The van der Waals surface area contributed by atoms with Gasteiger partial charge >= 0.3 is 0 Å². The minimum absolute atomic E-state index is 0.207. The molecule has 0 N–H and O–H groups in total. The van der Waals surface area contributed by atoms with Crippen molar-refractivity contribution in [3.05, 3.63) is 30.1 Å². The average molecular weight is 389 g/mol. The van der Waals surface area contributed by atoms with Gasteiger partial charge in [-0.15, -0.1) is 0 Å². The summed E-state index contributed by atoms with van der Waals surface area (Å²) in [6.07, 6.45) is 6.17. The minimum Gasteiger partial charge on any atom is -0.368 e. The zero-order chi connectivity index (χ0) is 19.3. The van der Waals surface area contributed by atoms with Gasteiger partial charge in [0.05, 0.1) is 0 Å². The molecule has 0 unspecified atom stereocenters. The lowest BCUT2D eigenvalue weighted by molar-refractivity contribution is -0.132. The largest absolute Gasteiger partial charge is 0.368 e. The van der Waals surface area contributed by atoms with Crippen LogP contribution in [0.5, 0.6) is 0 Å². The lowest BCUT2D eigenvalue weighted by atomic mass is 10.1. The molecule has 3 fully saturated rings. The van der Waals surface area contributed by atoms with Gasteiger partial charge in [-0.1, -0.05) is 12.8 Å². The van der Waals surface area contributed by atoms with Crippen molar-refractivity contribution in [2.45, 2.75) is 38.1 Å². The second-order valence-corrected chi connectivity index (χ2v) is 8.41. The molecule has 1 amide bonds. The van der Waals surface area contributed by atoms with Crippen molar-refractivity contribution < 1.29 is 9.18 Å². The zero-order valence-electron chi connectivity index (χ0n) is 16.9. The van der Waals surface area contributed by atoms with Crippen molar-refractivity contribution in [1.82, 2.24) is 14.7 Å². The highest BCUT2D eigenvalue weighted by atomic mass is 19.1. The third-order valence-corrected chi connectivity index (χ3v) is 6.71. The summed E-state index contributed by atoms with van der Waals surface area (Å²) in [6, 6.07) is 7.45. The topological polar surface area (TPSA) is 30.0 Å². The molecule has 154 valence electrons. The average Bonchev–Trinajstić information content (AvgIpc) is 3.28. The fourth-order valence-electron chi connectivity index (χ4n) is 4.90. The van der Waals surface area contributed by atoms with Crippen molar-refractivity contribution in [2.24, 2.45) is 0 Å². The normalized spacial score (nSPS) is 22.8. The minimum atomic E-state index is -0.207. The Morgan fingerprint density at radius 3 is 2.18 bits per heavy atom. The van der Waals surface area contributed by atoms with Gasteiger partial charge < -0.3 is 14.7 Å². The number of carbonyl (C=O) groups excluding carboxylic acids is 1. The number of piperazine rings is 2. The van der Waals surface area contributed by atoms with Gasteiger partial charge in [-0.3, -0.25) is 9.69 Å². The smallest absolute Gasteiger partial charge is 0.223 e. The molecule has 1 saturated carbocycles. The van der Waals surface area contributed by atoms with Crippen molar-refractivity contribution in [2.75, 3.05) is 63.8 Å². The van der Waals surface area contributed by atoms with Crippen LogP contribution in [-0.2, 0) is 4.79 Å². The predicted molar refractivity (Wildman–Crippen MR) is 110 cm³/mol. The molecule has 0 atom stereocenters. The van der Waals surface area contributed by atoms with Gasteiger partial charge in [0.25, 0.3) is 0 Å². The molecular formula is C22H33FN4O. The van der Waals surface area contributed by atoms with Crippen LogP contribution in [-0.4, -0.2) is 85.6 Å². The second-order valence-electron chi connectivity index (χ2n) is 8.41. The number of hydrogen-bond donors (Lipinski definition) is 0. The van der Waals surface area contributed by atoms with Gasteiger partial charge in [-0.2, -0.15) is 0 Å². The summed E-state index contributed by atoms with van der Waals surface area (Å²) in [5.74, 6) is 0.0682. The van der Waals surface area contributed by atoms with Crippen LogP contribution >= 0.6 is 0 Å². The molecule has 1 aliphatic carbocycles. The van der Waals surface area contributed by atoms with Crippen LogP contribution in [0, 0.1) is 5.82 Å². The van der Waals surface area contributed by atoms with E-state index in [9.17, 15) is 9.18 Å². The van der Waals surface area contributed by atoms with E-state index >= 15 is 0 Å². The van der Waals surface area contributed by atoms with Gasteiger partial charge in [-0.25, -0.2) is 4.39 Å². The van der Waals surface area contributed by atoms with E-state index in [2.05, 4.69) is 14.7 Å². The standard InChI is InChI=1S/C22H33FN4O/c23-19-5-7-21(8-6-19)26-15-17-27(18-16-26)22(28)9-10-24-11-13-25(14-12-24)20-3-1-2-4-20/h5-8,20H,1-4,9-18H2. The van der Waals surface area contributed by atoms with E-state index in [0.717, 1.165) is 70.6 Å².